The Morgan fingerprint density at radius 3 is 2.63 bits per heavy atom. The van der Waals surface area contributed by atoms with Crippen molar-refractivity contribution in [3.05, 3.63) is 59.7 Å². The molecule has 0 heterocycles. The molecule has 0 saturated carbocycles. The number of carbonyl (C=O) groups is 1. The number of methoxy groups -OCH3 is 1. The highest BCUT2D eigenvalue weighted by molar-refractivity contribution is 5.96. The summed E-state index contributed by atoms with van der Waals surface area (Å²) in [6.45, 7) is 0.634. The molecule has 0 atom stereocenters. The number of nitrogen functional groups attached to an aromatic ring is 1. The molecule has 0 bridgehead atoms. The molecule has 98 valence electrons. The van der Waals surface area contributed by atoms with Gasteiger partial charge in [0.15, 0.2) is 0 Å². The maximum absolute atomic E-state index is 11.7. The highest BCUT2D eigenvalue weighted by atomic mass is 16.5. The number of nitrogens with two attached hydrogens (primary N) is 1. The van der Waals surface area contributed by atoms with Crippen LogP contribution in [0.3, 0.4) is 0 Å². The predicted octanol–water partition coefficient (Wildman–Crippen LogP) is 2.67. The third-order valence-electron chi connectivity index (χ3n) is 2.77. The summed E-state index contributed by atoms with van der Waals surface area (Å²) in [5.41, 5.74) is 8.51. The number of anilines is 2. The molecule has 0 spiro atoms. The molecule has 0 amide bonds. The number of ether oxygens (including phenoxy) is 1. The van der Waals surface area contributed by atoms with Gasteiger partial charge in [-0.05, 0) is 23.8 Å². The first kappa shape index (κ1) is 13.0. The number of nitrogens with one attached hydrogen (secondary N) is 1. The highest BCUT2D eigenvalue weighted by Crippen LogP contribution is 2.20. The van der Waals surface area contributed by atoms with Gasteiger partial charge < -0.3 is 15.8 Å². The van der Waals surface area contributed by atoms with Gasteiger partial charge in [-0.2, -0.15) is 0 Å². The van der Waals surface area contributed by atoms with Crippen LogP contribution in [0.25, 0.3) is 0 Å². The van der Waals surface area contributed by atoms with Crippen LogP contribution < -0.4 is 11.1 Å². The molecule has 2 rings (SSSR count). The molecular formula is C15H16N2O2. The molecule has 0 aliphatic heterocycles. The first-order valence-corrected chi connectivity index (χ1v) is 5.96. The normalized spacial score (nSPS) is 9.95. The van der Waals surface area contributed by atoms with Crippen molar-refractivity contribution < 1.29 is 9.53 Å². The van der Waals surface area contributed by atoms with Gasteiger partial charge in [0.2, 0.25) is 0 Å². The van der Waals surface area contributed by atoms with E-state index in [1.54, 1.807) is 18.2 Å². The van der Waals surface area contributed by atoms with Crippen LogP contribution in [-0.2, 0) is 11.3 Å². The first-order chi connectivity index (χ1) is 9.20. The lowest BCUT2D eigenvalue weighted by Gasteiger charge is -2.11. The molecule has 19 heavy (non-hydrogen) atoms. The molecule has 0 fully saturated rings. The lowest BCUT2D eigenvalue weighted by molar-refractivity contribution is 0.0602. The van der Waals surface area contributed by atoms with E-state index in [1.165, 1.54) is 7.11 Å². The van der Waals surface area contributed by atoms with Crippen molar-refractivity contribution in [2.45, 2.75) is 6.54 Å². The van der Waals surface area contributed by atoms with Gasteiger partial charge in [0, 0.05) is 17.9 Å². The maximum Gasteiger partial charge on any atom is 0.340 e. The van der Waals surface area contributed by atoms with E-state index in [-0.39, 0.29) is 0 Å². The first-order valence-electron chi connectivity index (χ1n) is 5.96. The molecule has 2 aromatic rings. The molecule has 4 nitrogen and oxygen atoms in total. The van der Waals surface area contributed by atoms with Crippen LogP contribution in [0.5, 0.6) is 0 Å². The Morgan fingerprint density at radius 1 is 1.21 bits per heavy atom. The van der Waals surface area contributed by atoms with Crippen LogP contribution in [-0.4, -0.2) is 13.1 Å². The monoisotopic (exact) mass is 256 g/mol. The van der Waals surface area contributed by atoms with Gasteiger partial charge in [-0.25, -0.2) is 4.79 Å². The van der Waals surface area contributed by atoms with Gasteiger partial charge in [-0.3, -0.25) is 0 Å². The Morgan fingerprint density at radius 2 is 1.95 bits per heavy atom. The molecule has 3 N–H and O–H groups in total. The van der Waals surface area contributed by atoms with Crippen LogP contribution in [0.2, 0.25) is 0 Å². The maximum atomic E-state index is 11.7. The Balaban J connectivity index is 2.18. The minimum Gasteiger partial charge on any atom is -0.465 e. The molecule has 4 heteroatoms. The zero-order chi connectivity index (χ0) is 13.7. The molecule has 2 aromatic carbocycles. The molecular weight excluding hydrogens is 240 g/mol. The molecule has 0 aromatic heterocycles. The number of carbonyl (C=O) groups excluding carboxylic acids is 1. The Hall–Kier alpha value is -2.49. The Kier molecular flexibility index (Phi) is 4.03. The minimum absolute atomic E-state index is 0.400. The zero-order valence-corrected chi connectivity index (χ0v) is 10.7. The smallest absolute Gasteiger partial charge is 0.340 e. The van der Waals surface area contributed by atoms with Crippen molar-refractivity contribution in [2.75, 3.05) is 18.2 Å². The summed E-state index contributed by atoms with van der Waals surface area (Å²) >= 11 is 0. The van der Waals surface area contributed by atoms with Crippen molar-refractivity contribution >= 4 is 17.3 Å². The fraction of sp³-hybridized carbons (Fsp3) is 0.133. The molecule has 0 saturated heterocycles. The van der Waals surface area contributed by atoms with Crippen molar-refractivity contribution in [2.24, 2.45) is 0 Å². The van der Waals surface area contributed by atoms with Gasteiger partial charge in [0.25, 0.3) is 0 Å². The molecule has 0 aliphatic carbocycles. The minimum atomic E-state index is -0.400. The van der Waals surface area contributed by atoms with E-state index in [9.17, 15) is 4.79 Å². The lowest BCUT2D eigenvalue weighted by Crippen LogP contribution is -2.09. The summed E-state index contributed by atoms with van der Waals surface area (Å²) < 4.78 is 4.75. The highest BCUT2D eigenvalue weighted by Gasteiger charge is 2.11. The lowest BCUT2D eigenvalue weighted by atomic mass is 10.1. The van der Waals surface area contributed by atoms with Gasteiger partial charge in [-0.1, -0.05) is 30.3 Å². The topological polar surface area (TPSA) is 64.3 Å². The number of rotatable bonds is 4. The summed E-state index contributed by atoms with van der Waals surface area (Å²) in [5.74, 6) is -0.400. The van der Waals surface area contributed by atoms with E-state index in [2.05, 4.69) is 5.32 Å². The summed E-state index contributed by atoms with van der Waals surface area (Å²) in [6.07, 6.45) is 0. The van der Waals surface area contributed by atoms with Crippen molar-refractivity contribution in [1.82, 2.24) is 0 Å². The summed E-state index contributed by atoms with van der Waals surface area (Å²) in [5, 5.41) is 3.22. The van der Waals surface area contributed by atoms with Crippen molar-refractivity contribution in [3.8, 4) is 0 Å². The fourth-order valence-corrected chi connectivity index (χ4v) is 1.79. The van der Waals surface area contributed by atoms with Crippen LogP contribution in [0.1, 0.15) is 15.9 Å². The van der Waals surface area contributed by atoms with Crippen LogP contribution in [0.4, 0.5) is 11.4 Å². The van der Waals surface area contributed by atoms with E-state index >= 15 is 0 Å². The quantitative estimate of drug-likeness (QED) is 0.652. The van der Waals surface area contributed by atoms with Crippen LogP contribution in [0, 0.1) is 0 Å². The Labute approximate surface area is 112 Å². The predicted molar refractivity (Wildman–Crippen MR) is 76.0 cm³/mol. The van der Waals surface area contributed by atoms with Crippen molar-refractivity contribution in [3.63, 3.8) is 0 Å². The van der Waals surface area contributed by atoms with E-state index in [1.807, 2.05) is 30.3 Å². The average molecular weight is 256 g/mol. The zero-order valence-electron chi connectivity index (χ0n) is 10.7. The van der Waals surface area contributed by atoms with Gasteiger partial charge >= 0.3 is 5.97 Å². The van der Waals surface area contributed by atoms with E-state index < -0.39 is 5.97 Å². The summed E-state index contributed by atoms with van der Waals surface area (Å²) in [4.78, 5) is 11.7. The third kappa shape index (κ3) is 3.25. The number of hydrogen-bond donors (Lipinski definition) is 2. The average Bonchev–Trinajstić information content (AvgIpc) is 2.46. The summed E-state index contributed by atoms with van der Waals surface area (Å²) in [7, 11) is 1.35. The van der Waals surface area contributed by atoms with Crippen molar-refractivity contribution in [1.29, 1.82) is 0 Å². The van der Waals surface area contributed by atoms with E-state index in [4.69, 9.17) is 10.5 Å². The number of esters is 1. The second kappa shape index (κ2) is 5.91. The second-order valence-electron chi connectivity index (χ2n) is 4.14. The number of benzene rings is 2. The number of hydrogen-bond acceptors (Lipinski definition) is 4. The fourth-order valence-electron chi connectivity index (χ4n) is 1.79. The second-order valence-corrected chi connectivity index (χ2v) is 4.14. The standard InChI is InChI=1S/C15H16N2O2/c1-19-15(18)13-9-12(16)7-8-14(13)17-10-11-5-3-2-4-6-11/h2-9,17H,10,16H2,1H3. The molecule has 0 aliphatic rings. The van der Waals surface area contributed by atoms with Gasteiger partial charge in [0.05, 0.1) is 12.7 Å². The summed E-state index contributed by atoms with van der Waals surface area (Å²) in [6, 6.07) is 15.1. The van der Waals surface area contributed by atoms with E-state index in [0.29, 0.717) is 23.5 Å². The van der Waals surface area contributed by atoms with Crippen LogP contribution in [0.15, 0.2) is 48.5 Å². The van der Waals surface area contributed by atoms with Gasteiger partial charge in [-0.15, -0.1) is 0 Å². The SMILES string of the molecule is COC(=O)c1cc(N)ccc1NCc1ccccc1. The van der Waals surface area contributed by atoms with E-state index in [0.717, 1.165) is 5.56 Å². The largest absolute Gasteiger partial charge is 0.465 e. The van der Waals surface area contributed by atoms with Crippen LogP contribution >= 0.6 is 0 Å². The Bertz CT molecular complexity index is 568. The third-order valence-corrected chi connectivity index (χ3v) is 2.77. The van der Waals surface area contributed by atoms with Gasteiger partial charge in [0.1, 0.15) is 0 Å². The molecule has 0 radical (unpaired) electrons. The molecule has 0 unspecified atom stereocenters.